The van der Waals surface area contributed by atoms with Crippen LogP contribution in [0.15, 0.2) is 12.1 Å². The maximum atomic E-state index is 12.7. The van der Waals surface area contributed by atoms with Gasteiger partial charge in [0, 0.05) is 0 Å². The first-order valence-corrected chi connectivity index (χ1v) is 4.09. The maximum Gasteiger partial charge on any atom is 0.194 e. The normalized spacial score (nSPS) is 12.9. The van der Waals surface area contributed by atoms with Crippen molar-refractivity contribution < 1.29 is 18.3 Å². The van der Waals surface area contributed by atoms with Crippen LogP contribution in [0.4, 0.5) is 13.2 Å². The van der Waals surface area contributed by atoms with E-state index in [2.05, 4.69) is 0 Å². The van der Waals surface area contributed by atoms with Gasteiger partial charge in [0.25, 0.3) is 0 Å². The van der Waals surface area contributed by atoms with E-state index in [1.54, 1.807) is 0 Å². The van der Waals surface area contributed by atoms with Crippen LogP contribution in [0.25, 0.3) is 0 Å². The summed E-state index contributed by atoms with van der Waals surface area (Å²) in [6, 6.07) is 1.53. The Labute approximate surface area is 79.2 Å². The van der Waals surface area contributed by atoms with Crippen molar-refractivity contribution in [3.8, 4) is 0 Å². The number of halogens is 3. The van der Waals surface area contributed by atoms with E-state index in [0.717, 1.165) is 12.1 Å². The van der Waals surface area contributed by atoms with Crippen molar-refractivity contribution in [2.75, 3.05) is 6.54 Å². The quantitative estimate of drug-likeness (QED) is 0.734. The van der Waals surface area contributed by atoms with E-state index in [1.165, 1.54) is 0 Å². The summed E-state index contributed by atoms with van der Waals surface area (Å²) in [4.78, 5) is 0. The Morgan fingerprint density at radius 3 is 2.14 bits per heavy atom. The number of rotatable bonds is 3. The van der Waals surface area contributed by atoms with E-state index in [0.29, 0.717) is 0 Å². The Morgan fingerprint density at radius 2 is 1.71 bits per heavy atom. The van der Waals surface area contributed by atoms with Crippen molar-refractivity contribution in [1.82, 2.24) is 0 Å². The van der Waals surface area contributed by atoms with Gasteiger partial charge in [0.15, 0.2) is 17.5 Å². The summed E-state index contributed by atoms with van der Waals surface area (Å²) in [6.07, 6.45) is -0.894. The van der Waals surface area contributed by atoms with Gasteiger partial charge in [0.1, 0.15) is 0 Å². The molecule has 0 saturated heterocycles. The summed E-state index contributed by atoms with van der Waals surface area (Å²) in [6.45, 7) is 0.182. The summed E-state index contributed by atoms with van der Waals surface area (Å²) >= 11 is 0. The number of benzene rings is 1. The lowest BCUT2D eigenvalue weighted by Gasteiger charge is -2.09. The molecule has 0 fully saturated rings. The third kappa shape index (κ3) is 2.24. The Kier molecular flexibility index (Phi) is 3.49. The minimum absolute atomic E-state index is 0.00755. The topological polar surface area (TPSA) is 46.2 Å². The molecule has 0 aliphatic carbocycles. The first-order chi connectivity index (χ1) is 6.56. The van der Waals surface area contributed by atoms with Crippen molar-refractivity contribution >= 4 is 0 Å². The lowest BCUT2D eigenvalue weighted by atomic mass is 10.1. The third-order valence-corrected chi connectivity index (χ3v) is 1.83. The molecule has 5 heteroatoms. The van der Waals surface area contributed by atoms with Crippen LogP contribution in [0.3, 0.4) is 0 Å². The molecule has 0 aliphatic rings. The first-order valence-electron chi connectivity index (χ1n) is 4.09. The van der Waals surface area contributed by atoms with Gasteiger partial charge in [-0.1, -0.05) is 0 Å². The molecule has 0 heterocycles. The average molecular weight is 205 g/mol. The second kappa shape index (κ2) is 4.43. The summed E-state index contributed by atoms with van der Waals surface area (Å²) in [5.41, 5.74) is 5.14. The lowest BCUT2D eigenvalue weighted by molar-refractivity contribution is 0.169. The summed E-state index contributed by atoms with van der Waals surface area (Å²) < 4.78 is 37.9. The van der Waals surface area contributed by atoms with Gasteiger partial charge >= 0.3 is 0 Å². The molecule has 0 aromatic heterocycles. The van der Waals surface area contributed by atoms with Crippen molar-refractivity contribution in [2.24, 2.45) is 5.73 Å². The second-order valence-corrected chi connectivity index (χ2v) is 2.89. The minimum atomic E-state index is -1.53. The fourth-order valence-electron chi connectivity index (χ4n) is 1.09. The SMILES string of the molecule is NCCC(O)c1cc(F)c(F)c(F)c1. The average Bonchev–Trinajstić information content (AvgIpc) is 2.13. The highest BCUT2D eigenvalue weighted by molar-refractivity contribution is 5.21. The van der Waals surface area contributed by atoms with E-state index in [4.69, 9.17) is 5.73 Å². The molecular formula is C9H10F3NO. The molecule has 1 aromatic carbocycles. The molecule has 0 radical (unpaired) electrons. The van der Waals surface area contributed by atoms with Crippen molar-refractivity contribution in [2.45, 2.75) is 12.5 Å². The van der Waals surface area contributed by atoms with Crippen LogP contribution in [0, 0.1) is 17.5 Å². The van der Waals surface area contributed by atoms with E-state index in [9.17, 15) is 18.3 Å². The van der Waals surface area contributed by atoms with Gasteiger partial charge in [-0.15, -0.1) is 0 Å². The summed E-state index contributed by atoms with van der Waals surface area (Å²) in [5, 5.41) is 9.32. The number of hydrogen-bond donors (Lipinski definition) is 2. The number of nitrogens with two attached hydrogens (primary N) is 1. The standard InChI is InChI=1S/C9H10F3NO/c10-6-3-5(8(14)1-2-13)4-7(11)9(6)12/h3-4,8,14H,1-2,13H2. The number of hydrogen-bond acceptors (Lipinski definition) is 2. The Hall–Kier alpha value is -1.07. The molecule has 2 nitrogen and oxygen atoms in total. The van der Waals surface area contributed by atoms with Gasteiger partial charge in [-0.05, 0) is 30.7 Å². The second-order valence-electron chi connectivity index (χ2n) is 2.89. The number of aliphatic hydroxyl groups excluding tert-OH is 1. The van der Waals surface area contributed by atoms with Gasteiger partial charge in [-0.25, -0.2) is 13.2 Å². The van der Waals surface area contributed by atoms with E-state index >= 15 is 0 Å². The predicted octanol–water partition coefficient (Wildman–Crippen LogP) is 1.49. The zero-order valence-corrected chi connectivity index (χ0v) is 7.30. The van der Waals surface area contributed by atoms with Crippen molar-refractivity contribution in [1.29, 1.82) is 0 Å². The van der Waals surface area contributed by atoms with Crippen LogP contribution in [0.1, 0.15) is 18.1 Å². The van der Waals surface area contributed by atoms with Gasteiger partial charge < -0.3 is 10.8 Å². The Balaban J connectivity index is 3.00. The molecule has 1 rings (SSSR count). The van der Waals surface area contributed by atoms with Crippen molar-refractivity contribution in [3.05, 3.63) is 35.1 Å². The highest BCUT2D eigenvalue weighted by Crippen LogP contribution is 2.20. The molecule has 78 valence electrons. The van der Waals surface area contributed by atoms with Crippen LogP contribution < -0.4 is 5.73 Å². The smallest absolute Gasteiger partial charge is 0.194 e. The zero-order valence-electron chi connectivity index (χ0n) is 7.30. The van der Waals surface area contributed by atoms with Crippen LogP contribution >= 0.6 is 0 Å². The molecule has 0 amide bonds. The van der Waals surface area contributed by atoms with Crippen LogP contribution in [-0.4, -0.2) is 11.7 Å². The first kappa shape index (κ1) is 11.0. The highest BCUT2D eigenvalue weighted by atomic mass is 19.2. The van der Waals surface area contributed by atoms with Gasteiger partial charge in [0.05, 0.1) is 6.10 Å². The summed E-state index contributed by atoms with van der Waals surface area (Å²) in [7, 11) is 0. The van der Waals surface area contributed by atoms with Crippen LogP contribution in [0.2, 0.25) is 0 Å². The molecule has 3 N–H and O–H groups in total. The molecular weight excluding hydrogens is 195 g/mol. The lowest BCUT2D eigenvalue weighted by Crippen LogP contribution is -2.08. The molecule has 14 heavy (non-hydrogen) atoms. The molecule has 0 aliphatic heterocycles. The third-order valence-electron chi connectivity index (χ3n) is 1.83. The fourth-order valence-corrected chi connectivity index (χ4v) is 1.09. The zero-order chi connectivity index (χ0) is 10.7. The Bertz CT molecular complexity index is 307. The Morgan fingerprint density at radius 1 is 1.21 bits per heavy atom. The molecule has 1 unspecified atom stereocenters. The van der Waals surface area contributed by atoms with Crippen LogP contribution in [0.5, 0.6) is 0 Å². The fraction of sp³-hybridized carbons (Fsp3) is 0.333. The van der Waals surface area contributed by atoms with Gasteiger partial charge in [0.2, 0.25) is 0 Å². The molecule has 0 bridgehead atoms. The monoisotopic (exact) mass is 205 g/mol. The van der Waals surface area contributed by atoms with Crippen LogP contribution in [-0.2, 0) is 0 Å². The van der Waals surface area contributed by atoms with Gasteiger partial charge in [-0.2, -0.15) is 0 Å². The predicted molar refractivity (Wildman–Crippen MR) is 44.9 cm³/mol. The largest absolute Gasteiger partial charge is 0.388 e. The van der Waals surface area contributed by atoms with E-state index < -0.39 is 23.6 Å². The molecule has 1 aromatic rings. The molecule has 0 saturated carbocycles. The molecule has 0 spiro atoms. The van der Waals surface area contributed by atoms with E-state index in [-0.39, 0.29) is 18.5 Å². The minimum Gasteiger partial charge on any atom is -0.388 e. The highest BCUT2D eigenvalue weighted by Gasteiger charge is 2.14. The maximum absolute atomic E-state index is 12.7. The number of aliphatic hydroxyl groups is 1. The molecule has 1 atom stereocenters. The van der Waals surface area contributed by atoms with E-state index in [1.807, 2.05) is 0 Å². The summed E-state index contributed by atoms with van der Waals surface area (Å²) in [5.74, 6) is -4.15. The van der Waals surface area contributed by atoms with Crippen molar-refractivity contribution in [3.63, 3.8) is 0 Å². The van der Waals surface area contributed by atoms with Gasteiger partial charge in [-0.3, -0.25) is 0 Å².